The zero-order valence-corrected chi connectivity index (χ0v) is 15.4. The van der Waals surface area contributed by atoms with E-state index in [-0.39, 0.29) is 12.0 Å². The molecule has 0 spiro atoms. The number of nitrogens with zero attached hydrogens (tertiary/aromatic N) is 1. The van der Waals surface area contributed by atoms with Crippen LogP contribution in [0, 0.1) is 6.92 Å². The number of rotatable bonds is 5. The Hall–Kier alpha value is -1.39. The summed E-state index contributed by atoms with van der Waals surface area (Å²) in [5, 5.41) is 10.6. The van der Waals surface area contributed by atoms with Crippen LogP contribution in [0.1, 0.15) is 62.5 Å². The van der Waals surface area contributed by atoms with Gasteiger partial charge < -0.3 is 14.7 Å². The van der Waals surface area contributed by atoms with Crippen LogP contribution in [0.2, 0.25) is 0 Å². The average molecular weight is 345 g/mol. The normalized spacial score (nSPS) is 21.3. The molecule has 0 radical (unpaired) electrons. The van der Waals surface area contributed by atoms with Crippen molar-refractivity contribution in [1.29, 1.82) is 0 Å². The molecular formula is C21H31NO3. The lowest BCUT2D eigenvalue weighted by atomic mass is 9.82. The Morgan fingerprint density at radius 3 is 2.56 bits per heavy atom. The zero-order chi connectivity index (χ0) is 17.7. The SMILES string of the molecule is Cc1ccccc1COC1CCN(C(=O)CC2(O)CCCCC2)CC1. The number of benzene rings is 1. The molecule has 0 atom stereocenters. The summed E-state index contributed by atoms with van der Waals surface area (Å²) in [6.45, 7) is 4.24. The second-order valence-electron chi connectivity index (χ2n) is 7.78. The van der Waals surface area contributed by atoms with E-state index in [2.05, 4.69) is 19.1 Å². The van der Waals surface area contributed by atoms with E-state index in [4.69, 9.17) is 4.74 Å². The summed E-state index contributed by atoms with van der Waals surface area (Å²) in [7, 11) is 0. The molecule has 4 heteroatoms. The van der Waals surface area contributed by atoms with E-state index in [1.165, 1.54) is 17.5 Å². The van der Waals surface area contributed by atoms with E-state index in [0.717, 1.165) is 51.6 Å². The van der Waals surface area contributed by atoms with Crippen molar-refractivity contribution in [1.82, 2.24) is 4.90 Å². The van der Waals surface area contributed by atoms with Gasteiger partial charge >= 0.3 is 0 Å². The van der Waals surface area contributed by atoms with Gasteiger partial charge in [-0.3, -0.25) is 4.79 Å². The molecule has 138 valence electrons. The molecule has 1 N–H and O–H groups in total. The summed E-state index contributed by atoms with van der Waals surface area (Å²) in [6.07, 6.45) is 7.09. The van der Waals surface area contributed by atoms with Crippen LogP contribution in [0.15, 0.2) is 24.3 Å². The summed E-state index contributed by atoms with van der Waals surface area (Å²) in [5.74, 6) is 0.113. The fraction of sp³-hybridized carbons (Fsp3) is 0.667. The van der Waals surface area contributed by atoms with Crippen molar-refractivity contribution in [3.63, 3.8) is 0 Å². The van der Waals surface area contributed by atoms with Crippen LogP contribution in [0.25, 0.3) is 0 Å². The predicted molar refractivity (Wildman–Crippen MR) is 98.2 cm³/mol. The molecule has 1 aliphatic carbocycles. The maximum absolute atomic E-state index is 12.5. The Morgan fingerprint density at radius 2 is 1.88 bits per heavy atom. The van der Waals surface area contributed by atoms with Gasteiger partial charge in [-0.1, -0.05) is 43.5 Å². The average Bonchev–Trinajstić information content (AvgIpc) is 2.62. The summed E-state index contributed by atoms with van der Waals surface area (Å²) >= 11 is 0. The van der Waals surface area contributed by atoms with E-state index in [1.807, 2.05) is 17.0 Å². The molecular weight excluding hydrogens is 314 g/mol. The molecule has 1 saturated heterocycles. The lowest BCUT2D eigenvalue weighted by Crippen LogP contribution is -2.45. The van der Waals surface area contributed by atoms with Crippen LogP contribution in [0.4, 0.5) is 0 Å². The van der Waals surface area contributed by atoms with E-state index >= 15 is 0 Å². The molecule has 0 unspecified atom stereocenters. The summed E-state index contributed by atoms with van der Waals surface area (Å²) in [4.78, 5) is 14.4. The molecule has 25 heavy (non-hydrogen) atoms. The fourth-order valence-electron chi connectivity index (χ4n) is 4.03. The minimum atomic E-state index is -0.756. The summed E-state index contributed by atoms with van der Waals surface area (Å²) in [5.41, 5.74) is 1.74. The van der Waals surface area contributed by atoms with Crippen LogP contribution in [-0.2, 0) is 16.1 Å². The van der Waals surface area contributed by atoms with Gasteiger partial charge in [-0.15, -0.1) is 0 Å². The quantitative estimate of drug-likeness (QED) is 0.887. The molecule has 1 heterocycles. The molecule has 0 bridgehead atoms. The minimum absolute atomic E-state index is 0.113. The number of piperidine rings is 1. The van der Waals surface area contributed by atoms with Crippen LogP contribution in [0.3, 0.4) is 0 Å². The van der Waals surface area contributed by atoms with Gasteiger partial charge in [0.25, 0.3) is 0 Å². The Bertz CT molecular complexity index is 572. The third-order valence-corrected chi connectivity index (χ3v) is 5.80. The van der Waals surface area contributed by atoms with Crippen LogP contribution >= 0.6 is 0 Å². The minimum Gasteiger partial charge on any atom is -0.389 e. The molecule has 1 aliphatic heterocycles. The first-order valence-electron chi connectivity index (χ1n) is 9.72. The third kappa shape index (κ3) is 5.05. The van der Waals surface area contributed by atoms with Gasteiger partial charge in [-0.25, -0.2) is 0 Å². The number of hydrogen-bond donors (Lipinski definition) is 1. The first-order valence-corrected chi connectivity index (χ1v) is 9.72. The highest BCUT2D eigenvalue weighted by atomic mass is 16.5. The lowest BCUT2D eigenvalue weighted by Gasteiger charge is -2.36. The number of aryl methyl sites for hydroxylation is 1. The molecule has 0 aromatic heterocycles. The Balaban J connectivity index is 1.42. The van der Waals surface area contributed by atoms with Crippen molar-refractivity contribution in [3.8, 4) is 0 Å². The number of amides is 1. The van der Waals surface area contributed by atoms with Gasteiger partial charge in [0.2, 0.25) is 5.91 Å². The predicted octanol–water partition coefficient (Wildman–Crippen LogP) is 3.59. The van der Waals surface area contributed by atoms with Gasteiger partial charge in [0.05, 0.1) is 24.7 Å². The maximum atomic E-state index is 12.5. The Labute approximate surface area is 151 Å². The Kier molecular flexibility index (Phi) is 6.13. The molecule has 4 nitrogen and oxygen atoms in total. The van der Waals surface area contributed by atoms with E-state index in [9.17, 15) is 9.90 Å². The molecule has 2 aliphatic rings. The summed E-state index contributed by atoms with van der Waals surface area (Å²) in [6, 6.07) is 8.31. The largest absolute Gasteiger partial charge is 0.389 e. The molecule has 1 amide bonds. The maximum Gasteiger partial charge on any atom is 0.225 e. The molecule has 3 rings (SSSR count). The second-order valence-corrected chi connectivity index (χ2v) is 7.78. The second kappa shape index (κ2) is 8.33. The van der Waals surface area contributed by atoms with Gasteiger partial charge in [0.15, 0.2) is 0 Å². The lowest BCUT2D eigenvalue weighted by molar-refractivity contribution is -0.140. The van der Waals surface area contributed by atoms with Crippen molar-refractivity contribution in [2.75, 3.05) is 13.1 Å². The highest BCUT2D eigenvalue weighted by Crippen LogP contribution is 2.31. The van der Waals surface area contributed by atoms with Crippen molar-refractivity contribution in [2.45, 2.75) is 76.6 Å². The van der Waals surface area contributed by atoms with E-state index in [0.29, 0.717) is 13.0 Å². The smallest absolute Gasteiger partial charge is 0.225 e. The van der Waals surface area contributed by atoms with Gasteiger partial charge in [-0.05, 0) is 43.7 Å². The monoisotopic (exact) mass is 345 g/mol. The van der Waals surface area contributed by atoms with Crippen LogP contribution in [0.5, 0.6) is 0 Å². The topological polar surface area (TPSA) is 49.8 Å². The van der Waals surface area contributed by atoms with Gasteiger partial charge in [-0.2, -0.15) is 0 Å². The number of aliphatic hydroxyl groups is 1. The first kappa shape index (κ1) is 18.4. The zero-order valence-electron chi connectivity index (χ0n) is 15.4. The van der Waals surface area contributed by atoms with Crippen molar-refractivity contribution >= 4 is 5.91 Å². The highest BCUT2D eigenvalue weighted by Gasteiger charge is 2.34. The van der Waals surface area contributed by atoms with Crippen LogP contribution < -0.4 is 0 Å². The third-order valence-electron chi connectivity index (χ3n) is 5.80. The number of carbonyl (C=O) groups is 1. The van der Waals surface area contributed by atoms with Crippen molar-refractivity contribution < 1.29 is 14.6 Å². The van der Waals surface area contributed by atoms with E-state index < -0.39 is 5.60 Å². The van der Waals surface area contributed by atoms with Crippen molar-refractivity contribution in [3.05, 3.63) is 35.4 Å². The molecule has 1 aromatic carbocycles. The van der Waals surface area contributed by atoms with Gasteiger partial charge in [0, 0.05) is 13.1 Å². The van der Waals surface area contributed by atoms with Crippen LogP contribution in [-0.4, -0.2) is 40.7 Å². The number of hydrogen-bond acceptors (Lipinski definition) is 3. The number of carbonyl (C=O) groups excluding carboxylic acids is 1. The number of likely N-dealkylation sites (tertiary alicyclic amines) is 1. The molecule has 1 saturated carbocycles. The van der Waals surface area contributed by atoms with Gasteiger partial charge in [0.1, 0.15) is 0 Å². The first-order chi connectivity index (χ1) is 12.1. The molecule has 1 aromatic rings. The van der Waals surface area contributed by atoms with E-state index in [1.54, 1.807) is 0 Å². The Morgan fingerprint density at radius 1 is 1.20 bits per heavy atom. The molecule has 2 fully saturated rings. The standard InChI is InChI=1S/C21H31NO3/c1-17-7-3-4-8-18(17)16-25-19-9-13-22(14-10-19)20(23)15-21(24)11-5-2-6-12-21/h3-4,7-8,19,24H,2,5-6,9-16H2,1H3. The highest BCUT2D eigenvalue weighted by molar-refractivity contribution is 5.77. The van der Waals surface area contributed by atoms with Crippen molar-refractivity contribution in [2.24, 2.45) is 0 Å². The fourth-order valence-corrected chi connectivity index (χ4v) is 4.03. The number of ether oxygens (including phenoxy) is 1. The summed E-state index contributed by atoms with van der Waals surface area (Å²) < 4.78 is 6.06.